The van der Waals surface area contributed by atoms with E-state index in [1.54, 1.807) is 12.2 Å². The fourth-order valence-corrected chi connectivity index (χ4v) is 3.66. The summed E-state index contributed by atoms with van der Waals surface area (Å²) in [6, 6.07) is 0.765. The maximum Gasteiger partial charge on any atom is 0.0558 e. The van der Waals surface area contributed by atoms with Crippen molar-refractivity contribution in [3.63, 3.8) is 0 Å². The molecule has 0 aromatic heterocycles. The van der Waals surface area contributed by atoms with E-state index in [4.69, 9.17) is 33.4 Å². The van der Waals surface area contributed by atoms with E-state index in [-0.39, 0.29) is 6.61 Å². The SMILES string of the molecule is C=C(Cl)/C(CCO)=C(Cl)\C=C/C.CCCN(CCO)C1CCCCC1. The van der Waals surface area contributed by atoms with E-state index in [1.807, 2.05) is 6.92 Å². The Kier molecular flexibility index (Phi) is 15.7. The molecule has 5 heteroatoms. The molecule has 0 spiro atoms. The quantitative estimate of drug-likeness (QED) is 0.529. The molecule has 1 aliphatic carbocycles. The van der Waals surface area contributed by atoms with E-state index in [2.05, 4.69) is 18.4 Å². The number of allylic oxidation sites excluding steroid dienone is 4. The molecule has 3 nitrogen and oxygen atoms in total. The number of hydrogen-bond acceptors (Lipinski definition) is 3. The Labute approximate surface area is 164 Å². The Morgan fingerprint density at radius 3 is 2.20 bits per heavy atom. The Balaban J connectivity index is 0.000000463. The lowest BCUT2D eigenvalue weighted by Gasteiger charge is -2.33. The molecule has 0 atom stereocenters. The first-order valence-corrected chi connectivity index (χ1v) is 10.1. The Hall–Kier alpha value is -0.320. The summed E-state index contributed by atoms with van der Waals surface area (Å²) in [5.74, 6) is 0. The second-order valence-electron chi connectivity index (χ2n) is 6.26. The Morgan fingerprint density at radius 1 is 1.12 bits per heavy atom. The van der Waals surface area contributed by atoms with E-state index in [0.717, 1.165) is 19.1 Å². The smallest absolute Gasteiger partial charge is 0.0558 e. The largest absolute Gasteiger partial charge is 0.396 e. The Bertz CT molecular complexity index is 410. The normalized spacial score (nSPS) is 16.6. The second kappa shape index (κ2) is 15.9. The highest BCUT2D eigenvalue weighted by atomic mass is 35.5. The average Bonchev–Trinajstić information content (AvgIpc) is 2.60. The molecule has 0 aromatic rings. The Morgan fingerprint density at radius 2 is 1.76 bits per heavy atom. The van der Waals surface area contributed by atoms with Crippen molar-refractivity contribution in [3.8, 4) is 0 Å². The molecule has 1 fully saturated rings. The highest BCUT2D eigenvalue weighted by Gasteiger charge is 2.19. The van der Waals surface area contributed by atoms with Gasteiger partial charge in [-0.05, 0) is 50.8 Å². The summed E-state index contributed by atoms with van der Waals surface area (Å²) < 4.78 is 0. The topological polar surface area (TPSA) is 43.7 Å². The first kappa shape index (κ1) is 24.7. The predicted molar refractivity (Wildman–Crippen MR) is 110 cm³/mol. The van der Waals surface area contributed by atoms with Crippen LogP contribution in [-0.2, 0) is 0 Å². The third-order valence-corrected chi connectivity index (χ3v) is 4.86. The molecule has 0 bridgehead atoms. The van der Waals surface area contributed by atoms with Crippen LogP contribution in [0.4, 0.5) is 0 Å². The molecule has 1 rings (SSSR count). The number of rotatable bonds is 9. The molecule has 0 aromatic carbocycles. The molecule has 0 heterocycles. The lowest BCUT2D eigenvalue weighted by molar-refractivity contribution is 0.124. The number of halogens is 2. The van der Waals surface area contributed by atoms with E-state index in [9.17, 15) is 0 Å². The molecule has 0 aliphatic heterocycles. The summed E-state index contributed by atoms with van der Waals surface area (Å²) in [7, 11) is 0. The number of aliphatic hydroxyl groups is 2. The fraction of sp³-hybridized carbons (Fsp3) is 0.700. The molecule has 0 saturated heterocycles. The maximum atomic E-state index is 8.95. The zero-order valence-electron chi connectivity index (χ0n) is 15.8. The summed E-state index contributed by atoms with van der Waals surface area (Å²) in [4.78, 5) is 2.47. The van der Waals surface area contributed by atoms with E-state index in [1.165, 1.54) is 38.5 Å². The first-order chi connectivity index (χ1) is 12.0. The third kappa shape index (κ3) is 11.1. The van der Waals surface area contributed by atoms with Crippen molar-refractivity contribution in [1.82, 2.24) is 4.90 Å². The van der Waals surface area contributed by atoms with Crippen LogP contribution < -0.4 is 0 Å². The van der Waals surface area contributed by atoms with E-state index >= 15 is 0 Å². The van der Waals surface area contributed by atoms with Crippen molar-refractivity contribution >= 4 is 23.2 Å². The summed E-state index contributed by atoms with van der Waals surface area (Å²) in [5, 5.41) is 18.6. The minimum atomic E-state index is 0.0227. The minimum Gasteiger partial charge on any atom is -0.396 e. The van der Waals surface area contributed by atoms with Crippen LogP contribution in [0.25, 0.3) is 0 Å². The van der Waals surface area contributed by atoms with Gasteiger partial charge in [0, 0.05) is 29.3 Å². The van der Waals surface area contributed by atoms with Crippen LogP contribution in [0, 0.1) is 0 Å². The van der Waals surface area contributed by atoms with Gasteiger partial charge in [0.1, 0.15) is 0 Å². The van der Waals surface area contributed by atoms with Crippen molar-refractivity contribution in [2.75, 3.05) is 26.3 Å². The average molecular weight is 392 g/mol. The number of aliphatic hydroxyl groups excluding tert-OH is 2. The minimum absolute atomic E-state index is 0.0227. The molecule has 146 valence electrons. The molecular weight excluding hydrogens is 357 g/mol. The predicted octanol–water partition coefficient (Wildman–Crippen LogP) is 5.21. The van der Waals surface area contributed by atoms with Crippen LogP contribution in [0.3, 0.4) is 0 Å². The highest BCUT2D eigenvalue weighted by Crippen LogP contribution is 2.24. The van der Waals surface area contributed by atoms with Gasteiger partial charge in [-0.15, -0.1) is 0 Å². The number of hydrogen-bond donors (Lipinski definition) is 2. The zero-order valence-corrected chi connectivity index (χ0v) is 17.3. The summed E-state index contributed by atoms with van der Waals surface area (Å²) in [6.45, 7) is 10.00. The molecule has 1 aliphatic rings. The van der Waals surface area contributed by atoms with Crippen LogP contribution in [0.2, 0.25) is 0 Å². The molecule has 1 saturated carbocycles. The van der Waals surface area contributed by atoms with Crippen molar-refractivity contribution < 1.29 is 10.2 Å². The van der Waals surface area contributed by atoms with Crippen molar-refractivity contribution in [3.05, 3.63) is 34.4 Å². The highest BCUT2D eigenvalue weighted by molar-refractivity contribution is 6.36. The van der Waals surface area contributed by atoms with Gasteiger partial charge >= 0.3 is 0 Å². The van der Waals surface area contributed by atoms with Gasteiger partial charge in [0.15, 0.2) is 0 Å². The van der Waals surface area contributed by atoms with Crippen molar-refractivity contribution in [2.45, 2.75) is 64.8 Å². The summed E-state index contributed by atoms with van der Waals surface area (Å²) >= 11 is 11.5. The van der Waals surface area contributed by atoms with Crippen LogP contribution in [-0.4, -0.2) is 47.5 Å². The first-order valence-electron chi connectivity index (χ1n) is 9.33. The molecule has 0 radical (unpaired) electrons. The van der Waals surface area contributed by atoms with Gasteiger partial charge in [-0.25, -0.2) is 0 Å². The maximum absolute atomic E-state index is 8.95. The van der Waals surface area contributed by atoms with Gasteiger partial charge in [0.25, 0.3) is 0 Å². The summed E-state index contributed by atoms with van der Waals surface area (Å²) in [6.07, 6.45) is 12.0. The second-order valence-corrected chi connectivity index (χ2v) is 7.12. The fourth-order valence-electron chi connectivity index (χ4n) is 3.08. The monoisotopic (exact) mass is 391 g/mol. The molecule has 25 heavy (non-hydrogen) atoms. The zero-order chi connectivity index (χ0) is 19.1. The molecule has 0 unspecified atom stereocenters. The van der Waals surface area contributed by atoms with Gasteiger partial charge in [0.2, 0.25) is 0 Å². The van der Waals surface area contributed by atoms with Crippen molar-refractivity contribution in [2.24, 2.45) is 0 Å². The molecular formula is C20H35Cl2NO2. The summed E-state index contributed by atoms with van der Waals surface area (Å²) in [5.41, 5.74) is 0.693. The lowest BCUT2D eigenvalue weighted by Crippen LogP contribution is -2.39. The van der Waals surface area contributed by atoms with Crippen molar-refractivity contribution in [1.29, 1.82) is 0 Å². The van der Waals surface area contributed by atoms with Gasteiger partial charge < -0.3 is 10.2 Å². The van der Waals surface area contributed by atoms with Gasteiger partial charge in [-0.3, -0.25) is 4.90 Å². The van der Waals surface area contributed by atoms with Gasteiger partial charge in [-0.1, -0.05) is 62.0 Å². The van der Waals surface area contributed by atoms with E-state index in [0.29, 0.717) is 28.7 Å². The molecule has 2 N–H and O–H groups in total. The van der Waals surface area contributed by atoms with Crippen LogP contribution in [0.5, 0.6) is 0 Å². The van der Waals surface area contributed by atoms with Crippen LogP contribution in [0.1, 0.15) is 58.8 Å². The molecule has 0 amide bonds. The third-order valence-electron chi connectivity index (χ3n) is 4.28. The van der Waals surface area contributed by atoms with Gasteiger partial charge in [-0.2, -0.15) is 0 Å². The van der Waals surface area contributed by atoms with Crippen LogP contribution in [0.15, 0.2) is 34.4 Å². The van der Waals surface area contributed by atoms with E-state index < -0.39 is 0 Å². The standard InChI is InChI=1S/C11H23NO.C9H12Cl2O/c1-2-8-12(9-10-13)11-6-4-3-5-7-11;1-3-4-9(11)8(5-6-12)7(2)10/h11,13H,2-10H2,1H3;3-4,12H,2,5-6H2,1H3/b;4-3-,9-8+. The lowest BCUT2D eigenvalue weighted by atomic mass is 9.94. The number of nitrogens with zero attached hydrogens (tertiary/aromatic N) is 1. The van der Waals surface area contributed by atoms with Crippen LogP contribution >= 0.6 is 23.2 Å². The van der Waals surface area contributed by atoms with Gasteiger partial charge in [0.05, 0.1) is 6.61 Å².